The van der Waals surface area contributed by atoms with E-state index >= 15 is 0 Å². The van der Waals surface area contributed by atoms with Gasteiger partial charge in [-0.05, 0) is 44.9 Å². The van der Waals surface area contributed by atoms with Gasteiger partial charge in [-0.2, -0.15) is 0 Å². The normalized spacial score (nSPS) is 14.1. The van der Waals surface area contributed by atoms with Gasteiger partial charge in [0.15, 0.2) is 6.10 Å². The number of hydrogen-bond donors (Lipinski definition) is 3. The Morgan fingerprint density at radius 2 is 0.949 bits per heavy atom. The molecule has 0 aliphatic heterocycles. The third kappa shape index (κ3) is 44.1. The van der Waals surface area contributed by atoms with Crippen molar-refractivity contribution in [3.63, 3.8) is 0 Å². The van der Waals surface area contributed by atoms with Crippen LogP contribution in [-0.2, 0) is 32.7 Å². The Morgan fingerprint density at radius 3 is 1.41 bits per heavy atom. The summed E-state index contributed by atoms with van der Waals surface area (Å²) in [5.41, 5.74) is 0. The van der Waals surface area contributed by atoms with Gasteiger partial charge in [0, 0.05) is 12.5 Å². The minimum atomic E-state index is -4.64. The maximum Gasteiger partial charge on any atom is 0.472 e. The summed E-state index contributed by atoms with van der Waals surface area (Å²) < 4.78 is 32.6. The van der Waals surface area contributed by atoms with Crippen molar-refractivity contribution in [1.29, 1.82) is 0 Å². The number of phosphoric ester groups is 1. The van der Waals surface area contributed by atoms with Gasteiger partial charge in [-0.15, -0.1) is 0 Å². The number of carbonyl (C=O) groups excluding carboxylic acids is 2. The lowest BCUT2D eigenvalue weighted by Gasteiger charge is -2.19. The van der Waals surface area contributed by atoms with E-state index in [-0.39, 0.29) is 13.0 Å². The van der Waals surface area contributed by atoms with Crippen LogP contribution in [0.5, 0.6) is 0 Å². The number of phosphoric acid groups is 1. The highest BCUT2D eigenvalue weighted by molar-refractivity contribution is 7.47. The molecule has 0 aromatic rings. The molecule has 0 saturated heterocycles. The Morgan fingerprint density at radius 1 is 0.542 bits per heavy atom. The molecule has 0 rings (SSSR count). The van der Waals surface area contributed by atoms with E-state index in [4.69, 9.17) is 19.1 Å². The van der Waals surface area contributed by atoms with E-state index in [1.165, 1.54) is 167 Å². The highest BCUT2D eigenvalue weighted by Crippen LogP contribution is 2.43. The molecule has 3 N–H and O–H groups in total. The van der Waals surface area contributed by atoms with Crippen molar-refractivity contribution in [2.24, 2.45) is 0 Å². The van der Waals surface area contributed by atoms with E-state index in [1.807, 2.05) is 6.08 Å². The molecule has 10 nitrogen and oxygen atoms in total. The fraction of sp³-hybridized carbons (Fsp3) is 0.833. The molecule has 0 heterocycles. The number of rotatable bonds is 45. The average molecular weight is 857 g/mol. The summed E-state index contributed by atoms with van der Waals surface area (Å²) in [6.07, 6.45) is 47.5. The summed E-state index contributed by atoms with van der Waals surface area (Å²) in [6, 6.07) is 0. The van der Waals surface area contributed by atoms with E-state index in [2.05, 4.69) is 30.5 Å². The van der Waals surface area contributed by atoms with Gasteiger partial charge in [0.1, 0.15) is 12.7 Å². The van der Waals surface area contributed by atoms with Crippen LogP contribution in [0.25, 0.3) is 0 Å². The van der Waals surface area contributed by atoms with Crippen LogP contribution in [0.1, 0.15) is 219 Å². The fourth-order valence-corrected chi connectivity index (χ4v) is 7.45. The van der Waals surface area contributed by atoms with E-state index in [1.54, 1.807) is 12.2 Å². The lowest BCUT2D eigenvalue weighted by molar-refractivity contribution is -0.157. The van der Waals surface area contributed by atoms with Gasteiger partial charge >= 0.3 is 19.8 Å². The van der Waals surface area contributed by atoms with Gasteiger partial charge in [-0.25, -0.2) is 9.36 Å². The number of hydrogen-bond acceptors (Lipinski definition) is 9. The minimum Gasteiger partial charge on any atom is -0.462 e. The zero-order valence-corrected chi connectivity index (χ0v) is 38.6. The Hall–Kier alpha value is -1.81. The Labute approximate surface area is 361 Å². The Kier molecular flexibility index (Phi) is 42.9. The van der Waals surface area contributed by atoms with Gasteiger partial charge in [0.25, 0.3) is 0 Å². The van der Waals surface area contributed by atoms with Crippen LogP contribution in [-0.4, -0.2) is 65.7 Å². The highest BCUT2D eigenvalue weighted by Gasteiger charge is 2.26. The summed E-state index contributed by atoms with van der Waals surface area (Å²) in [6.45, 7) is 2.28. The van der Waals surface area contributed by atoms with Gasteiger partial charge in [0.2, 0.25) is 0 Å². The molecule has 346 valence electrons. The van der Waals surface area contributed by atoms with E-state index in [0.717, 1.165) is 32.1 Å². The second-order valence-corrected chi connectivity index (χ2v) is 17.7. The maximum atomic E-state index is 12.5. The predicted molar refractivity (Wildman–Crippen MR) is 242 cm³/mol. The zero-order chi connectivity index (χ0) is 43.3. The first-order valence-corrected chi connectivity index (χ1v) is 25.5. The number of aliphatic hydroxyl groups is 2. The van der Waals surface area contributed by atoms with Crippen molar-refractivity contribution in [3.8, 4) is 0 Å². The van der Waals surface area contributed by atoms with Crippen molar-refractivity contribution in [2.45, 2.75) is 232 Å². The van der Waals surface area contributed by atoms with Crippen LogP contribution in [0, 0.1) is 0 Å². The standard InChI is InChI=1S/C48H89O10P/c1-3-5-7-9-11-13-15-17-19-20-21-22-23-24-26-27-29-31-33-35-37-39-47(51)55-43-46(44-57-59(53,54)56-42-45(50)41-49)58-48(52)40-38-36-34-32-30-28-25-18-16-14-12-10-8-6-4-2/h17,19,34,36,38,40,45-46,49-50H,3-16,18,20-33,35,37,39,41-44H2,1-2H3,(H,53,54)/b19-17+,36-34+,40-38+/t45-,46+/m1/s1. The van der Waals surface area contributed by atoms with E-state index in [0.29, 0.717) is 6.42 Å². The van der Waals surface area contributed by atoms with Crippen LogP contribution in [0.15, 0.2) is 36.5 Å². The summed E-state index contributed by atoms with van der Waals surface area (Å²) >= 11 is 0. The minimum absolute atomic E-state index is 0.222. The SMILES string of the molecule is CCCCCCCC/C=C/CCCCCCCCCCCCCC(=O)OC[C@@H](COP(=O)(O)OC[C@H](O)CO)OC(=O)/C=C/C=C/CCCCCCCCCCCCC. The lowest BCUT2D eigenvalue weighted by Crippen LogP contribution is -2.29. The van der Waals surface area contributed by atoms with Crippen molar-refractivity contribution < 1.29 is 47.8 Å². The second-order valence-electron chi connectivity index (χ2n) is 16.2. The van der Waals surface area contributed by atoms with Crippen LogP contribution in [0.4, 0.5) is 0 Å². The second kappa shape index (κ2) is 44.3. The lowest BCUT2D eigenvalue weighted by atomic mass is 10.0. The number of ether oxygens (including phenoxy) is 2. The molecule has 0 radical (unpaired) electrons. The molecule has 0 aliphatic carbocycles. The average Bonchev–Trinajstić information content (AvgIpc) is 3.22. The summed E-state index contributed by atoms with van der Waals surface area (Å²) in [7, 11) is -4.64. The molecular weight excluding hydrogens is 767 g/mol. The number of unbranched alkanes of at least 4 members (excludes halogenated alkanes) is 28. The van der Waals surface area contributed by atoms with Crippen molar-refractivity contribution >= 4 is 19.8 Å². The zero-order valence-electron chi connectivity index (χ0n) is 37.7. The van der Waals surface area contributed by atoms with Gasteiger partial charge < -0.3 is 24.6 Å². The molecule has 0 fully saturated rings. The maximum absolute atomic E-state index is 12.5. The number of carbonyl (C=O) groups is 2. The summed E-state index contributed by atoms with van der Waals surface area (Å²) in [5, 5.41) is 18.3. The van der Waals surface area contributed by atoms with Crippen LogP contribution < -0.4 is 0 Å². The molecular formula is C48H89O10P. The number of allylic oxidation sites excluding steroid dienone is 5. The molecule has 0 amide bonds. The summed E-state index contributed by atoms with van der Waals surface area (Å²) in [5.74, 6) is -1.17. The molecule has 1 unspecified atom stereocenters. The van der Waals surface area contributed by atoms with Gasteiger partial charge in [-0.3, -0.25) is 13.8 Å². The molecule has 0 aromatic carbocycles. The van der Waals surface area contributed by atoms with Crippen LogP contribution in [0.2, 0.25) is 0 Å². The molecule has 11 heteroatoms. The Bertz CT molecular complexity index is 1080. The number of esters is 2. The molecule has 0 saturated carbocycles. The van der Waals surface area contributed by atoms with Crippen LogP contribution >= 0.6 is 7.82 Å². The van der Waals surface area contributed by atoms with Gasteiger partial charge in [0.05, 0.1) is 19.8 Å². The number of aliphatic hydroxyl groups excluding tert-OH is 2. The third-order valence-electron chi connectivity index (χ3n) is 10.4. The molecule has 0 spiro atoms. The monoisotopic (exact) mass is 857 g/mol. The molecule has 0 aliphatic rings. The van der Waals surface area contributed by atoms with E-state index in [9.17, 15) is 24.2 Å². The fourth-order valence-electron chi connectivity index (χ4n) is 6.66. The van der Waals surface area contributed by atoms with Crippen molar-refractivity contribution in [2.75, 3.05) is 26.4 Å². The first-order valence-electron chi connectivity index (χ1n) is 24.0. The quantitative estimate of drug-likeness (QED) is 0.0135. The Balaban J connectivity index is 4.26. The predicted octanol–water partition coefficient (Wildman–Crippen LogP) is 13.1. The molecule has 0 aromatic heterocycles. The third-order valence-corrected chi connectivity index (χ3v) is 11.3. The van der Waals surface area contributed by atoms with Crippen molar-refractivity contribution in [3.05, 3.63) is 36.5 Å². The smallest absolute Gasteiger partial charge is 0.462 e. The molecule has 0 bridgehead atoms. The van der Waals surface area contributed by atoms with Crippen LogP contribution in [0.3, 0.4) is 0 Å². The molecule has 59 heavy (non-hydrogen) atoms. The first-order chi connectivity index (χ1) is 28.7. The topological polar surface area (TPSA) is 149 Å². The van der Waals surface area contributed by atoms with E-state index < -0.39 is 51.8 Å². The first kappa shape index (κ1) is 57.2. The largest absolute Gasteiger partial charge is 0.472 e. The van der Waals surface area contributed by atoms with Crippen molar-refractivity contribution in [1.82, 2.24) is 0 Å². The van der Waals surface area contributed by atoms with Gasteiger partial charge in [-0.1, -0.05) is 198 Å². The summed E-state index contributed by atoms with van der Waals surface area (Å²) in [4.78, 5) is 34.9. The molecule has 3 atom stereocenters. The highest BCUT2D eigenvalue weighted by atomic mass is 31.2.